The summed E-state index contributed by atoms with van der Waals surface area (Å²) < 4.78 is 0. The Hall–Kier alpha value is -1.39. The van der Waals surface area contributed by atoms with Gasteiger partial charge < -0.3 is 9.80 Å². The van der Waals surface area contributed by atoms with E-state index in [0.29, 0.717) is 6.67 Å². The van der Waals surface area contributed by atoms with Crippen LogP contribution in [-0.4, -0.2) is 55.6 Å². The van der Waals surface area contributed by atoms with Crippen molar-refractivity contribution in [3.05, 3.63) is 35.9 Å². The van der Waals surface area contributed by atoms with Gasteiger partial charge in [0.1, 0.15) is 0 Å². The number of aryl methyl sites for hydroxylation is 1. The maximum absolute atomic E-state index is 12.2. The summed E-state index contributed by atoms with van der Waals surface area (Å²) in [7, 11) is 4.06. The Labute approximate surface area is 115 Å². The highest BCUT2D eigenvalue weighted by atomic mass is 16.2. The lowest BCUT2D eigenvalue weighted by molar-refractivity contribution is -0.129. The summed E-state index contributed by atoms with van der Waals surface area (Å²) in [5.74, 6) is 0.248. The predicted octanol–water partition coefficient (Wildman–Crippen LogP) is 0.939. The molecule has 2 rings (SSSR count). The average molecular weight is 261 g/mol. The number of amides is 1. The lowest BCUT2D eigenvalue weighted by Crippen LogP contribution is -2.35. The smallest absolute Gasteiger partial charge is 0.240 e. The molecule has 0 saturated carbocycles. The number of nitrogens with zero attached hydrogens (tertiary/aromatic N) is 2. The van der Waals surface area contributed by atoms with Crippen LogP contribution in [0.25, 0.3) is 0 Å². The molecule has 1 aromatic carbocycles. The second kappa shape index (κ2) is 6.68. The van der Waals surface area contributed by atoms with Crippen molar-refractivity contribution in [1.29, 1.82) is 0 Å². The van der Waals surface area contributed by atoms with Gasteiger partial charge in [0.05, 0.1) is 12.7 Å². The van der Waals surface area contributed by atoms with Crippen LogP contribution in [0.1, 0.15) is 12.0 Å². The van der Waals surface area contributed by atoms with Gasteiger partial charge in [-0.25, -0.2) is 0 Å². The van der Waals surface area contributed by atoms with Crippen molar-refractivity contribution in [3.8, 4) is 0 Å². The summed E-state index contributed by atoms with van der Waals surface area (Å²) in [5, 5.41) is 3.31. The van der Waals surface area contributed by atoms with Crippen LogP contribution in [0, 0.1) is 0 Å². The minimum Gasteiger partial charge on any atom is -0.327 e. The van der Waals surface area contributed by atoms with E-state index < -0.39 is 0 Å². The predicted molar refractivity (Wildman–Crippen MR) is 76.8 cm³/mol. The Morgan fingerprint density at radius 2 is 2.05 bits per heavy atom. The number of hydrogen-bond acceptors (Lipinski definition) is 3. The fourth-order valence-electron chi connectivity index (χ4n) is 2.30. The molecule has 19 heavy (non-hydrogen) atoms. The minimum atomic E-state index is -0.0117. The van der Waals surface area contributed by atoms with Crippen LogP contribution in [0.15, 0.2) is 30.3 Å². The van der Waals surface area contributed by atoms with Crippen molar-refractivity contribution in [2.75, 3.05) is 33.9 Å². The van der Waals surface area contributed by atoms with Crippen LogP contribution in [0.5, 0.6) is 0 Å². The molecule has 0 aliphatic carbocycles. The zero-order valence-corrected chi connectivity index (χ0v) is 11.8. The molecule has 1 aromatic rings. The number of rotatable bonds is 6. The molecule has 0 spiro atoms. The quantitative estimate of drug-likeness (QED) is 0.828. The fraction of sp³-hybridized carbons (Fsp3) is 0.533. The maximum atomic E-state index is 12.2. The van der Waals surface area contributed by atoms with Gasteiger partial charge in [-0.15, -0.1) is 0 Å². The fourth-order valence-corrected chi connectivity index (χ4v) is 2.30. The highest BCUT2D eigenvalue weighted by molar-refractivity contribution is 5.83. The van der Waals surface area contributed by atoms with Crippen LogP contribution in [0.4, 0.5) is 0 Å². The monoisotopic (exact) mass is 261 g/mol. The number of nitrogens with one attached hydrogen (secondary N) is 1. The largest absolute Gasteiger partial charge is 0.327 e. The summed E-state index contributed by atoms with van der Waals surface area (Å²) in [5.41, 5.74) is 1.30. The first kappa shape index (κ1) is 14.0. The van der Waals surface area contributed by atoms with Gasteiger partial charge in [0, 0.05) is 13.1 Å². The van der Waals surface area contributed by atoms with Gasteiger partial charge in [0.25, 0.3) is 0 Å². The molecule has 1 amide bonds. The van der Waals surface area contributed by atoms with Gasteiger partial charge in [-0.1, -0.05) is 30.3 Å². The first-order valence-corrected chi connectivity index (χ1v) is 6.87. The summed E-state index contributed by atoms with van der Waals surface area (Å²) in [6.07, 6.45) is 1.83. The number of benzene rings is 1. The molecule has 1 aliphatic rings. The third-order valence-corrected chi connectivity index (χ3v) is 3.52. The first-order valence-electron chi connectivity index (χ1n) is 6.87. The van der Waals surface area contributed by atoms with Crippen molar-refractivity contribution in [1.82, 2.24) is 15.1 Å². The Morgan fingerprint density at radius 1 is 1.32 bits per heavy atom. The Kier molecular flexibility index (Phi) is 4.93. The summed E-state index contributed by atoms with van der Waals surface area (Å²) >= 11 is 0. The van der Waals surface area contributed by atoms with E-state index in [-0.39, 0.29) is 11.9 Å². The van der Waals surface area contributed by atoms with E-state index in [2.05, 4.69) is 22.3 Å². The van der Waals surface area contributed by atoms with Crippen LogP contribution >= 0.6 is 0 Å². The molecule has 4 heteroatoms. The minimum absolute atomic E-state index is 0.0117. The summed E-state index contributed by atoms with van der Waals surface area (Å²) in [6, 6.07) is 10.3. The van der Waals surface area contributed by atoms with Crippen molar-refractivity contribution in [3.63, 3.8) is 0 Å². The molecule has 1 heterocycles. The molecule has 1 atom stereocenters. The zero-order chi connectivity index (χ0) is 13.7. The molecule has 1 fully saturated rings. The normalized spacial score (nSPS) is 19.4. The molecule has 1 N–H and O–H groups in total. The van der Waals surface area contributed by atoms with Crippen molar-refractivity contribution in [2.45, 2.75) is 18.9 Å². The Balaban J connectivity index is 1.78. The SMILES string of the molecule is CN(C)CCN1CNC(CCc2ccccc2)C1=O. The van der Waals surface area contributed by atoms with Gasteiger partial charge >= 0.3 is 0 Å². The summed E-state index contributed by atoms with van der Waals surface area (Å²) in [4.78, 5) is 16.2. The molecular formula is C15H23N3O. The Bertz CT molecular complexity index is 405. The molecule has 104 valence electrons. The van der Waals surface area contributed by atoms with E-state index in [1.165, 1.54) is 5.56 Å². The lowest BCUT2D eigenvalue weighted by atomic mass is 10.1. The van der Waals surface area contributed by atoms with E-state index in [4.69, 9.17) is 0 Å². The highest BCUT2D eigenvalue weighted by Gasteiger charge is 2.30. The lowest BCUT2D eigenvalue weighted by Gasteiger charge is -2.18. The first-order chi connectivity index (χ1) is 9.16. The molecule has 0 aromatic heterocycles. The van der Waals surface area contributed by atoms with Gasteiger partial charge in [0.15, 0.2) is 0 Å². The van der Waals surface area contributed by atoms with E-state index >= 15 is 0 Å². The van der Waals surface area contributed by atoms with Crippen LogP contribution in [0.2, 0.25) is 0 Å². The molecule has 1 aliphatic heterocycles. The van der Waals surface area contributed by atoms with E-state index in [0.717, 1.165) is 25.9 Å². The average Bonchev–Trinajstić information content (AvgIpc) is 2.76. The van der Waals surface area contributed by atoms with E-state index in [9.17, 15) is 4.79 Å². The van der Waals surface area contributed by atoms with Gasteiger partial charge in [0.2, 0.25) is 5.91 Å². The highest BCUT2D eigenvalue weighted by Crippen LogP contribution is 2.11. The second-order valence-corrected chi connectivity index (χ2v) is 5.34. The van der Waals surface area contributed by atoms with Gasteiger partial charge in [-0.05, 0) is 32.5 Å². The van der Waals surface area contributed by atoms with E-state index in [1.54, 1.807) is 0 Å². The number of hydrogen-bond donors (Lipinski definition) is 1. The van der Waals surface area contributed by atoms with Crippen LogP contribution < -0.4 is 5.32 Å². The number of carbonyl (C=O) groups is 1. The van der Waals surface area contributed by atoms with Crippen LogP contribution in [-0.2, 0) is 11.2 Å². The zero-order valence-electron chi connectivity index (χ0n) is 11.8. The summed E-state index contributed by atoms with van der Waals surface area (Å²) in [6.45, 7) is 2.41. The van der Waals surface area contributed by atoms with Gasteiger partial charge in [-0.3, -0.25) is 10.1 Å². The standard InChI is InChI=1S/C15H23N3O/c1-17(2)10-11-18-12-16-14(15(18)19)9-8-13-6-4-3-5-7-13/h3-7,14,16H,8-12H2,1-2H3. The topological polar surface area (TPSA) is 35.6 Å². The van der Waals surface area contributed by atoms with E-state index in [1.807, 2.05) is 37.2 Å². The Morgan fingerprint density at radius 3 is 2.74 bits per heavy atom. The molecule has 0 radical (unpaired) electrons. The number of likely N-dealkylation sites (N-methyl/N-ethyl adjacent to an activating group) is 1. The van der Waals surface area contributed by atoms with Crippen molar-refractivity contribution in [2.24, 2.45) is 0 Å². The van der Waals surface area contributed by atoms with Crippen molar-refractivity contribution >= 4 is 5.91 Å². The molecular weight excluding hydrogens is 238 g/mol. The van der Waals surface area contributed by atoms with Gasteiger partial charge in [-0.2, -0.15) is 0 Å². The molecule has 0 bridgehead atoms. The second-order valence-electron chi connectivity index (χ2n) is 5.34. The van der Waals surface area contributed by atoms with Crippen molar-refractivity contribution < 1.29 is 4.79 Å². The third kappa shape index (κ3) is 4.04. The third-order valence-electron chi connectivity index (χ3n) is 3.52. The molecule has 4 nitrogen and oxygen atoms in total. The number of carbonyl (C=O) groups excluding carboxylic acids is 1. The molecule has 1 unspecified atom stereocenters. The van der Waals surface area contributed by atoms with Crippen LogP contribution in [0.3, 0.4) is 0 Å². The maximum Gasteiger partial charge on any atom is 0.240 e. The molecule has 1 saturated heterocycles.